The van der Waals surface area contributed by atoms with Crippen molar-refractivity contribution in [3.05, 3.63) is 22.2 Å². The van der Waals surface area contributed by atoms with Crippen LogP contribution in [0.2, 0.25) is 0 Å². The molecule has 0 spiro atoms. The number of likely N-dealkylation sites (tertiary alicyclic amines) is 1. The van der Waals surface area contributed by atoms with Gasteiger partial charge in [-0.05, 0) is 62.6 Å². The highest BCUT2D eigenvalue weighted by atomic mass is 79.9. The Labute approximate surface area is 225 Å². The number of hydrogen-bond acceptors (Lipinski definition) is 6. The summed E-state index contributed by atoms with van der Waals surface area (Å²) < 4.78 is 34.8. The van der Waals surface area contributed by atoms with Gasteiger partial charge in [0.1, 0.15) is 0 Å². The molecule has 3 heterocycles. The number of alkyl halides is 2. The zero-order valence-corrected chi connectivity index (χ0v) is 22.8. The molecule has 0 aromatic heterocycles. The SMILES string of the molecule is Nc1cc(Br)cc(CCC2(CCNC=O)CCCO2)c1NC1CCCN(C(=O)C2CNCC(F)(F)C2)C1. The van der Waals surface area contributed by atoms with E-state index in [0.29, 0.717) is 38.3 Å². The first kappa shape index (κ1) is 28.0. The van der Waals surface area contributed by atoms with Gasteiger partial charge in [0.2, 0.25) is 12.3 Å². The highest BCUT2D eigenvalue weighted by Gasteiger charge is 2.41. The van der Waals surface area contributed by atoms with E-state index >= 15 is 0 Å². The third kappa shape index (κ3) is 7.32. The number of anilines is 2. The molecule has 4 rings (SSSR count). The van der Waals surface area contributed by atoms with Crippen LogP contribution in [0.25, 0.3) is 0 Å². The van der Waals surface area contributed by atoms with Gasteiger partial charge in [-0.1, -0.05) is 15.9 Å². The highest BCUT2D eigenvalue weighted by molar-refractivity contribution is 9.10. The van der Waals surface area contributed by atoms with Crippen LogP contribution in [0.1, 0.15) is 50.5 Å². The molecule has 37 heavy (non-hydrogen) atoms. The summed E-state index contributed by atoms with van der Waals surface area (Å²) in [5, 5.41) is 9.04. The van der Waals surface area contributed by atoms with Crippen LogP contribution in [0.3, 0.4) is 0 Å². The molecule has 1 aromatic rings. The van der Waals surface area contributed by atoms with Crippen molar-refractivity contribution < 1.29 is 23.1 Å². The first-order valence-corrected chi connectivity index (χ1v) is 14.0. The number of carbonyl (C=O) groups excluding carboxylic acids is 2. The number of rotatable bonds is 10. The molecule has 2 amide bonds. The van der Waals surface area contributed by atoms with Crippen molar-refractivity contribution in [3.63, 3.8) is 0 Å². The molecule has 0 bridgehead atoms. The van der Waals surface area contributed by atoms with Crippen LogP contribution in [-0.2, 0) is 20.7 Å². The van der Waals surface area contributed by atoms with Crippen molar-refractivity contribution >= 4 is 39.6 Å². The van der Waals surface area contributed by atoms with E-state index in [2.05, 4.69) is 37.9 Å². The largest absolute Gasteiger partial charge is 0.397 e. The topological polar surface area (TPSA) is 109 Å². The molecule has 206 valence electrons. The zero-order chi connectivity index (χ0) is 26.5. The predicted molar refractivity (Wildman–Crippen MR) is 143 cm³/mol. The summed E-state index contributed by atoms with van der Waals surface area (Å²) in [4.78, 5) is 25.5. The molecule has 8 nitrogen and oxygen atoms in total. The Bertz CT molecular complexity index is 960. The van der Waals surface area contributed by atoms with Crippen LogP contribution < -0.4 is 21.7 Å². The monoisotopic (exact) mass is 585 g/mol. The van der Waals surface area contributed by atoms with Crippen LogP contribution >= 0.6 is 15.9 Å². The van der Waals surface area contributed by atoms with Crippen LogP contribution in [0.4, 0.5) is 20.2 Å². The minimum absolute atomic E-state index is 0.0227. The predicted octanol–water partition coefficient (Wildman–Crippen LogP) is 3.30. The maximum atomic E-state index is 13.9. The number of aryl methyl sites for hydroxylation is 1. The fourth-order valence-electron chi connectivity index (χ4n) is 5.92. The van der Waals surface area contributed by atoms with E-state index in [-0.39, 0.29) is 24.1 Å². The van der Waals surface area contributed by atoms with Crippen molar-refractivity contribution in [3.8, 4) is 0 Å². The molecule has 1 aromatic carbocycles. The standard InChI is InChI=1S/C26H38BrF2N5O3/c27-20-11-18(4-6-25(5-2-10-37-25)7-8-31-17-35)23(22(30)12-20)33-21-3-1-9-34(15-21)24(36)19-13-26(28,29)16-32-14-19/h11-12,17,19,21,32-33H,1-10,13-16,30H2,(H,31,35). The number of carbonyl (C=O) groups is 2. The van der Waals surface area contributed by atoms with Crippen molar-refractivity contribution in [1.82, 2.24) is 15.5 Å². The summed E-state index contributed by atoms with van der Waals surface area (Å²) in [5.41, 5.74) is 8.71. The molecule has 5 N–H and O–H groups in total. The molecular formula is C26H38BrF2N5O3. The molecule has 3 atom stereocenters. The molecule has 3 saturated heterocycles. The van der Waals surface area contributed by atoms with Gasteiger partial charge >= 0.3 is 0 Å². The van der Waals surface area contributed by atoms with Gasteiger partial charge in [0.25, 0.3) is 5.92 Å². The molecule has 0 aliphatic carbocycles. The number of halogens is 3. The van der Waals surface area contributed by atoms with Crippen molar-refractivity contribution in [2.45, 2.75) is 68.9 Å². The van der Waals surface area contributed by atoms with E-state index in [0.717, 1.165) is 67.3 Å². The van der Waals surface area contributed by atoms with Gasteiger partial charge in [0.15, 0.2) is 0 Å². The summed E-state index contributed by atoms with van der Waals surface area (Å²) in [7, 11) is 0. The Morgan fingerprint density at radius 2 is 2.16 bits per heavy atom. The number of nitrogen functional groups attached to an aromatic ring is 1. The molecular weight excluding hydrogens is 548 g/mol. The van der Waals surface area contributed by atoms with Crippen molar-refractivity contribution in [2.24, 2.45) is 5.92 Å². The fraction of sp³-hybridized carbons (Fsp3) is 0.692. The fourth-order valence-corrected chi connectivity index (χ4v) is 6.44. The molecule has 3 unspecified atom stereocenters. The minimum Gasteiger partial charge on any atom is -0.397 e. The second-order valence-corrected chi connectivity index (χ2v) is 11.6. The van der Waals surface area contributed by atoms with Gasteiger partial charge in [-0.15, -0.1) is 0 Å². The minimum atomic E-state index is -2.85. The van der Waals surface area contributed by atoms with Gasteiger partial charge in [-0.25, -0.2) is 8.78 Å². The average Bonchev–Trinajstić information content (AvgIpc) is 3.33. The lowest BCUT2D eigenvalue weighted by atomic mass is 9.88. The Hall–Kier alpha value is -1.98. The van der Waals surface area contributed by atoms with Crippen molar-refractivity contribution in [2.75, 3.05) is 50.4 Å². The summed E-state index contributed by atoms with van der Waals surface area (Å²) in [6.07, 6.45) is 6.23. The molecule has 0 saturated carbocycles. The number of nitrogens with zero attached hydrogens (tertiary/aromatic N) is 1. The maximum absolute atomic E-state index is 13.9. The first-order valence-electron chi connectivity index (χ1n) is 13.2. The van der Waals surface area contributed by atoms with Crippen LogP contribution in [0.15, 0.2) is 16.6 Å². The van der Waals surface area contributed by atoms with E-state index in [9.17, 15) is 18.4 Å². The summed E-state index contributed by atoms with van der Waals surface area (Å²) in [6.45, 7) is 2.26. The average molecular weight is 587 g/mol. The Balaban J connectivity index is 1.43. The van der Waals surface area contributed by atoms with Gasteiger partial charge in [0, 0.05) is 49.7 Å². The number of nitrogens with one attached hydrogen (secondary N) is 3. The number of piperidine rings is 2. The second kappa shape index (κ2) is 12.3. The number of benzene rings is 1. The molecule has 3 aliphatic heterocycles. The smallest absolute Gasteiger partial charge is 0.261 e. The Kier molecular flexibility index (Phi) is 9.29. The lowest BCUT2D eigenvalue weighted by Crippen LogP contribution is -2.53. The summed E-state index contributed by atoms with van der Waals surface area (Å²) >= 11 is 3.56. The van der Waals surface area contributed by atoms with Gasteiger partial charge in [0.05, 0.1) is 29.4 Å². The molecule has 3 aliphatic rings. The van der Waals surface area contributed by atoms with Gasteiger partial charge in [-0.2, -0.15) is 0 Å². The van der Waals surface area contributed by atoms with E-state index in [1.807, 2.05) is 6.07 Å². The Morgan fingerprint density at radius 1 is 1.32 bits per heavy atom. The van der Waals surface area contributed by atoms with E-state index in [1.54, 1.807) is 4.90 Å². The highest BCUT2D eigenvalue weighted by Crippen LogP contribution is 2.37. The van der Waals surface area contributed by atoms with E-state index in [4.69, 9.17) is 10.5 Å². The number of ether oxygens (including phenoxy) is 1. The third-order valence-electron chi connectivity index (χ3n) is 7.81. The maximum Gasteiger partial charge on any atom is 0.261 e. The van der Waals surface area contributed by atoms with Crippen molar-refractivity contribution in [1.29, 1.82) is 0 Å². The number of nitrogens with two attached hydrogens (primary N) is 1. The lowest BCUT2D eigenvalue weighted by molar-refractivity contribution is -0.142. The lowest BCUT2D eigenvalue weighted by Gasteiger charge is -2.38. The van der Waals surface area contributed by atoms with Gasteiger partial charge < -0.3 is 31.3 Å². The molecule has 11 heteroatoms. The van der Waals surface area contributed by atoms with E-state index < -0.39 is 18.3 Å². The second-order valence-electron chi connectivity index (χ2n) is 10.6. The van der Waals surface area contributed by atoms with Crippen LogP contribution in [-0.4, -0.2) is 74.1 Å². The van der Waals surface area contributed by atoms with Gasteiger partial charge in [-0.3, -0.25) is 9.59 Å². The zero-order valence-electron chi connectivity index (χ0n) is 21.2. The quantitative estimate of drug-likeness (QED) is 0.191. The van der Waals surface area contributed by atoms with E-state index in [1.165, 1.54) is 0 Å². The summed E-state index contributed by atoms with van der Waals surface area (Å²) in [5.74, 6) is -3.75. The molecule has 3 fully saturated rings. The molecule has 0 radical (unpaired) electrons. The number of amides is 2. The Morgan fingerprint density at radius 3 is 2.89 bits per heavy atom. The van der Waals surface area contributed by atoms with Crippen LogP contribution in [0, 0.1) is 5.92 Å². The third-order valence-corrected chi connectivity index (χ3v) is 8.27. The normalized spacial score (nSPS) is 27.6. The van der Waals surface area contributed by atoms with Crippen LogP contribution in [0.5, 0.6) is 0 Å². The summed E-state index contributed by atoms with van der Waals surface area (Å²) in [6, 6.07) is 3.90. The number of hydrogen-bond donors (Lipinski definition) is 4. The first-order chi connectivity index (χ1) is 17.7.